The second-order valence-electron chi connectivity index (χ2n) is 9.27. The Balaban J connectivity index is 1.77. The van der Waals surface area contributed by atoms with Gasteiger partial charge in [-0.3, -0.25) is 24.1 Å². The van der Waals surface area contributed by atoms with Crippen LogP contribution in [0.3, 0.4) is 0 Å². The van der Waals surface area contributed by atoms with E-state index in [0.29, 0.717) is 16.3 Å². The van der Waals surface area contributed by atoms with E-state index < -0.39 is 35.5 Å². The fourth-order valence-electron chi connectivity index (χ4n) is 4.50. The fraction of sp³-hybridized carbons (Fsp3) is 0.393. The zero-order valence-electron chi connectivity index (χ0n) is 22.0. The van der Waals surface area contributed by atoms with Crippen molar-refractivity contribution in [2.24, 2.45) is 11.8 Å². The van der Waals surface area contributed by atoms with Crippen LogP contribution in [0, 0.1) is 11.8 Å². The molecular weight excluding hydrogens is 528 g/mol. The minimum absolute atomic E-state index is 0.0497. The molecule has 208 valence electrons. The van der Waals surface area contributed by atoms with E-state index in [0.717, 1.165) is 4.90 Å². The van der Waals surface area contributed by atoms with Crippen LogP contribution in [-0.4, -0.2) is 60.2 Å². The van der Waals surface area contributed by atoms with Gasteiger partial charge in [0.25, 0.3) is 0 Å². The van der Waals surface area contributed by atoms with Crippen LogP contribution >= 0.6 is 11.6 Å². The van der Waals surface area contributed by atoms with Crippen molar-refractivity contribution in [1.29, 1.82) is 0 Å². The Morgan fingerprint density at radius 2 is 1.79 bits per heavy atom. The van der Waals surface area contributed by atoms with Crippen molar-refractivity contribution < 1.29 is 38.6 Å². The molecule has 1 saturated heterocycles. The third-order valence-electron chi connectivity index (χ3n) is 6.72. The highest BCUT2D eigenvalue weighted by Crippen LogP contribution is 2.30. The van der Waals surface area contributed by atoms with Gasteiger partial charge >= 0.3 is 5.97 Å². The second-order valence-corrected chi connectivity index (χ2v) is 9.71. The number of hydrogen-bond donors (Lipinski definition) is 2. The summed E-state index contributed by atoms with van der Waals surface area (Å²) in [6.45, 7) is 1.36. The molecule has 3 rings (SSSR count). The monoisotopic (exact) mass is 558 g/mol. The highest BCUT2D eigenvalue weighted by Gasteiger charge is 2.36. The number of carbonyl (C=O) groups is 5. The van der Waals surface area contributed by atoms with Crippen LogP contribution in [0.4, 0.5) is 5.69 Å². The quantitative estimate of drug-likeness (QED) is 0.446. The molecule has 2 aromatic carbocycles. The summed E-state index contributed by atoms with van der Waals surface area (Å²) in [5.41, 5.74) is 0.782. The summed E-state index contributed by atoms with van der Waals surface area (Å²) in [6, 6.07) is 9.08. The lowest BCUT2D eigenvalue weighted by atomic mass is 9.93. The largest absolute Gasteiger partial charge is 0.496 e. The first-order valence-corrected chi connectivity index (χ1v) is 12.9. The van der Waals surface area contributed by atoms with Crippen LogP contribution in [0.5, 0.6) is 11.5 Å². The summed E-state index contributed by atoms with van der Waals surface area (Å²) in [6.07, 6.45) is 0.596. The number of carboxylic acids is 1. The van der Waals surface area contributed by atoms with Gasteiger partial charge in [-0.2, -0.15) is 0 Å². The number of rotatable bonds is 10. The molecule has 0 aliphatic carbocycles. The van der Waals surface area contributed by atoms with Crippen molar-refractivity contribution in [1.82, 2.24) is 4.90 Å². The minimum atomic E-state index is -1.18. The maximum absolute atomic E-state index is 13.4. The van der Waals surface area contributed by atoms with E-state index >= 15 is 0 Å². The van der Waals surface area contributed by atoms with Crippen molar-refractivity contribution in [2.75, 3.05) is 26.1 Å². The standard InChI is InChI=1S/C28H31ClN2O8/c1-4-16(26(34)30-22-13-18(28(36)37)6-9-24(22)39-3)14-25(33)31-15-21(32)8-5-17(27(31)35)11-19-12-20(29)7-10-23(19)38-2/h6-7,9-10,12-13,16-17H,4-5,8,11,14-15H2,1-3H3,(H,30,34)(H,36,37)/t16-,17?/m0/s1. The second kappa shape index (κ2) is 13.2. The highest BCUT2D eigenvalue weighted by atomic mass is 35.5. The Kier molecular flexibility index (Phi) is 10.1. The number of Topliss-reactive ketones (excluding diaryl/α,β-unsaturated/α-hetero) is 1. The fourth-order valence-corrected chi connectivity index (χ4v) is 4.70. The lowest BCUT2D eigenvalue weighted by Crippen LogP contribution is -2.43. The molecule has 0 bridgehead atoms. The molecule has 0 saturated carbocycles. The molecule has 1 fully saturated rings. The molecule has 11 heteroatoms. The average molecular weight is 559 g/mol. The van der Waals surface area contributed by atoms with Crippen molar-refractivity contribution >= 4 is 46.8 Å². The first kappa shape index (κ1) is 29.6. The Morgan fingerprint density at radius 1 is 1.10 bits per heavy atom. The maximum atomic E-state index is 13.4. The zero-order chi connectivity index (χ0) is 28.7. The number of ketones is 1. The van der Waals surface area contributed by atoms with Gasteiger partial charge in [0.2, 0.25) is 17.7 Å². The van der Waals surface area contributed by atoms with Crippen LogP contribution in [0.15, 0.2) is 36.4 Å². The molecule has 0 aromatic heterocycles. The van der Waals surface area contributed by atoms with Gasteiger partial charge in [-0.15, -0.1) is 0 Å². The molecule has 0 radical (unpaired) electrons. The Hall–Kier alpha value is -3.92. The lowest BCUT2D eigenvalue weighted by Gasteiger charge is -2.24. The van der Waals surface area contributed by atoms with E-state index in [9.17, 15) is 29.1 Å². The van der Waals surface area contributed by atoms with E-state index in [4.69, 9.17) is 21.1 Å². The number of carbonyl (C=O) groups excluding carboxylic acids is 4. The molecule has 2 N–H and O–H groups in total. The van der Waals surface area contributed by atoms with Gasteiger partial charge in [0.15, 0.2) is 5.78 Å². The molecule has 1 heterocycles. The maximum Gasteiger partial charge on any atom is 0.335 e. The van der Waals surface area contributed by atoms with Crippen LogP contribution in [0.1, 0.15) is 48.5 Å². The van der Waals surface area contributed by atoms with Crippen LogP contribution in [-0.2, 0) is 25.6 Å². The topological polar surface area (TPSA) is 139 Å². The van der Waals surface area contributed by atoms with E-state index in [2.05, 4.69) is 5.32 Å². The summed E-state index contributed by atoms with van der Waals surface area (Å²) in [5.74, 6) is -3.77. The van der Waals surface area contributed by atoms with Crippen molar-refractivity contribution in [3.05, 3.63) is 52.5 Å². The number of amides is 3. The number of ether oxygens (including phenoxy) is 2. The summed E-state index contributed by atoms with van der Waals surface area (Å²) in [5, 5.41) is 12.4. The first-order valence-electron chi connectivity index (χ1n) is 12.5. The van der Waals surface area contributed by atoms with Gasteiger partial charge in [-0.25, -0.2) is 4.79 Å². The van der Waals surface area contributed by atoms with E-state index in [-0.39, 0.29) is 61.4 Å². The summed E-state index contributed by atoms with van der Waals surface area (Å²) < 4.78 is 10.6. The van der Waals surface area contributed by atoms with Crippen LogP contribution in [0.2, 0.25) is 5.02 Å². The van der Waals surface area contributed by atoms with Gasteiger partial charge in [0.1, 0.15) is 11.5 Å². The molecular formula is C28H31ClN2O8. The molecule has 39 heavy (non-hydrogen) atoms. The van der Waals surface area contributed by atoms with Crippen molar-refractivity contribution in [3.8, 4) is 11.5 Å². The number of nitrogens with one attached hydrogen (secondary N) is 1. The van der Waals surface area contributed by atoms with Gasteiger partial charge < -0.3 is 19.9 Å². The SMILES string of the molecule is CC[C@@H](CC(=O)N1CC(=O)CCC(Cc2cc(Cl)ccc2OC)C1=O)C(=O)Nc1cc(C(=O)O)ccc1OC. The molecule has 2 aromatic rings. The summed E-state index contributed by atoms with van der Waals surface area (Å²) in [4.78, 5) is 64.6. The zero-order valence-corrected chi connectivity index (χ0v) is 22.7. The van der Waals surface area contributed by atoms with Gasteiger partial charge in [-0.1, -0.05) is 18.5 Å². The lowest BCUT2D eigenvalue weighted by molar-refractivity contribution is -0.149. The third kappa shape index (κ3) is 7.35. The number of imide groups is 1. The number of aromatic carboxylic acids is 1. The predicted molar refractivity (Wildman–Crippen MR) is 143 cm³/mol. The molecule has 10 nitrogen and oxygen atoms in total. The first-order chi connectivity index (χ1) is 18.6. The van der Waals surface area contributed by atoms with Gasteiger partial charge in [-0.05, 0) is 61.2 Å². The molecule has 3 amide bonds. The van der Waals surface area contributed by atoms with Crippen LogP contribution < -0.4 is 14.8 Å². The third-order valence-corrected chi connectivity index (χ3v) is 6.96. The number of benzene rings is 2. The minimum Gasteiger partial charge on any atom is -0.496 e. The van der Waals surface area contributed by atoms with Crippen molar-refractivity contribution in [3.63, 3.8) is 0 Å². The predicted octanol–water partition coefficient (Wildman–Crippen LogP) is 3.99. The average Bonchev–Trinajstić information content (AvgIpc) is 3.05. The number of methoxy groups -OCH3 is 2. The molecule has 1 aliphatic rings. The Labute approximate surface area is 231 Å². The number of likely N-dealkylation sites (tertiary alicyclic amines) is 1. The number of carboxylic acid groups (broad SMARTS) is 1. The number of halogens is 1. The number of anilines is 1. The molecule has 1 unspecified atom stereocenters. The summed E-state index contributed by atoms with van der Waals surface area (Å²) >= 11 is 6.13. The molecule has 1 aliphatic heterocycles. The van der Waals surface area contributed by atoms with Crippen molar-refractivity contribution in [2.45, 2.75) is 39.0 Å². The smallest absolute Gasteiger partial charge is 0.335 e. The van der Waals surface area contributed by atoms with E-state index in [1.807, 2.05) is 0 Å². The highest BCUT2D eigenvalue weighted by molar-refractivity contribution is 6.30. The summed E-state index contributed by atoms with van der Waals surface area (Å²) in [7, 11) is 2.88. The van der Waals surface area contributed by atoms with Gasteiger partial charge in [0, 0.05) is 29.7 Å². The van der Waals surface area contributed by atoms with Crippen LogP contribution in [0.25, 0.3) is 0 Å². The number of hydrogen-bond acceptors (Lipinski definition) is 7. The Bertz CT molecular complexity index is 1280. The number of nitrogens with zero attached hydrogens (tertiary/aromatic N) is 1. The van der Waals surface area contributed by atoms with E-state index in [1.165, 1.54) is 32.4 Å². The Morgan fingerprint density at radius 3 is 2.44 bits per heavy atom. The van der Waals surface area contributed by atoms with E-state index in [1.54, 1.807) is 25.1 Å². The molecule has 0 spiro atoms. The van der Waals surface area contributed by atoms with Gasteiger partial charge in [0.05, 0.1) is 32.0 Å². The normalized spacial score (nSPS) is 16.3. The molecule has 2 atom stereocenters.